The van der Waals surface area contributed by atoms with Gasteiger partial charge >= 0.3 is 0 Å². The summed E-state index contributed by atoms with van der Waals surface area (Å²) >= 11 is 0. The summed E-state index contributed by atoms with van der Waals surface area (Å²) in [7, 11) is -3.47. The number of rotatable bonds is 3. The molecule has 1 aromatic rings. The predicted octanol–water partition coefficient (Wildman–Crippen LogP) is 0.00790. The van der Waals surface area contributed by atoms with E-state index in [0.717, 1.165) is 19.3 Å². The molecule has 0 saturated carbocycles. The maximum absolute atomic E-state index is 11.9. The van der Waals surface area contributed by atoms with Crippen LogP contribution in [0.4, 0.5) is 0 Å². The SMILES string of the molecule is O=S(=O)(NC1CC2CCC1O2)c1cnc[nH]1. The fraction of sp³-hybridized carbons (Fsp3) is 0.667. The van der Waals surface area contributed by atoms with Crippen molar-refractivity contribution in [3.63, 3.8) is 0 Å². The number of hydrogen-bond acceptors (Lipinski definition) is 4. The Hall–Kier alpha value is -0.920. The topological polar surface area (TPSA) is 84.1 Å². The molecule has 2 aliphatic rings. The van der Waals surface area contributed by atoms with Crippen molar-refractivity contribution in [2.75, 3.05) is 0 Å². The molecule has 6 nitrogen and oxygen atoms in total. The molecule has 0 aromatic carbocycles. The second-order valence-electron chi connectivity index (χ2n) is 4.25. The molecular weight excluding hydrogens is 230 g/mol. The summed E-state index contributed by atoms with van der Waals surface area (Å²) in [6.45, 7) is 0. The highest BCUT2D eigenvalue weighted by Gasteiger charge is 2.42. The van der Waals surface area contributed by atoms with Gasteiger partial charge in [-0.15, -0.1) is 0 Å². The lowest BCUT2D eigenvalue weighted by atomic mass is 9.96. The minimum absolute atomic E-state index is 0.0442. The van der Waals surface area contributed by atoms with Crippen LogP contribution >= 0.6 is 0 Å². The Bertz CT molecular complexity index is 470. The highest BCUT2D eigenvalue weighted by molar-refractivity contribution is 7.89. The summed E-state index contributed by atoms with van der Waals surface area (Å²) in [5.41, 5.74) is 0. The molecule has 0 spiro atoms. The number of sulfonamides is 1. The first-order valence-corrected chi connectivity index (χ1v) is 6.79. The molecule has 2 fully saturated rings. The summed E-state index contributed by atoms with van der Waals surface area (Å²) in [6.07, 6.45) is 5.70. The van der Waals surface area contributed by atoms with Gasteiger partial charge in [0, 0.05) is 0 Å². The molecule has 0 amide bonds. The van der Waals surface area contributed by atoms with E-state index in [4.69, 9.17) is 4.74 Å². The zero-order chi connectivity index (χ0) is 11.2. The number of nitrogens with one attached hydrogen (secondary N) is 2. The van der Waals surface area contributed by atoms with Crippen LogP contribution in [0.5, 0.6) is 0 Å². The van der Waals surface area contributed by atoms with E-state index in [-0.39, 0.29) is 23.3 Å². The van der Waals surface area contributed by atoms with Gasteiger partial charge in [0.1, 0.15) is 0 Å². The van der Waals surface area contributed by atoms with Crippen molar-refractivity contribution in [2.24, 2.45) is 0 Å². The van der Waals surface area contributed by atoms with Crippen LogP contribution in [0.25, 0.3) is 0 Å². The fourth-order valence-corrected chi connectivity index (χ4v) is 3.60. The fourth-order valence-electron chi connectivity index (χ4n) is 2.41. The van der Waals surface area contributed by atoms with Gasteiger partial charge in [0.2, 0.25) is 0 Å². The number of imidazole rings is 1. The van der Waals surface area contributed by atoms with Crippen molar-refractivity contribution in [2.45, 2.75) is 42.5 Å². The van der Waals surface area contributed by atoms with Crippen molar-refractivity contribution >= 4 is 10.0 Å². The number of aromatic nitrogens is 2. The normalized spacial score (nSPS) is 33.4. The molecule has 3 rings (SSSR count). The number of H-pyrrole nitrogens is 1. The maximum atomic E-state index is 11.9. The molecule has 7 heteroatoms. The smallest absolute Gasteiger partial charge is 0.257 e. The van der Waals surface area contributed by atoms with E-state index in [2.05, 4.69) is 14.7 Å². The Morgan fingerprint density at radius 2 is 2.38 bits per heavy atom. The van der Waals surface area contributed by atoms with E-state index < -0.39 is 10.0 Å². The van der Waals surface area contributed by atoms with Gasteiger partial charge in [-0.3, -0.25) is 0 Å². The Balaban J connectivity index is 1.76. The van der Waals surface area contributed by atoms with Crippen molar-refractivity contribution in [3.8, 4) is 0 Å². The summed E-state index contributed by atoms with van der Waals surface area (Å²) in [5.74, 6) is 0. The quantitative estimate of drug-likeness (QED) is 0.783. The number of nitrogens with zero attached hydrogens (tertiary/aromatic N) is 1. The first-order valence-electron chi connectivity index (χ1n) is 5.31. The van der Waals surface area contributed by atoms with Crippen LogP contribution in [-0.2, 0) is 14.8 Å². The van der Waals surface area contributed by atoms with E-state index in [1.165, 1.54) is 12.5 Å². The number of aromatic amines is 1. The molecule has 3 atom stereocenters. The highest BCUT2D eigenvalue weighted by atomic mass is 32.2. The Kier molecular flexibility index (Phi) is 2.27. The van der Waals surface area contributed by atoms with E-state index >= 15 is 0 Å². The zero-order valence-corrected chi connectivity index (χ0v) is 9.40. The van der Waals surface area contributed by atoms with Crippen LogP contribution in [0.1, 0.15) is 19.3 Å². The standard InChI is InChI=1S/C9H13N3O3S/c13-16(14,9-4-10-5-11-9)12-7-3-6-1-2-8(7)15-6/h4-8,12H,1-3H2,(H,10,11). The minimum Gasteiger partial charge on any atom is -0.373 e. The van der Waals surface area contributed by atoms with Crippen LogP contribution in [-0.4, -0.2) is 36.6 Å². The lowest BCUT2D eigenvalue weighted by Gasteiger charge is -2.19. The van der Waals surface area contributed by atoms with Crippen LogP contribution in [0, 0.1) is 0 Å². The largest absolute Gasteiger partial charge is 0.373 e. The molecule has 16 heavy (non-hydrogen) atoms. The summed E-state index contributed by atoms with van der Waals surface area (Å²) in [5, 5.41) is 0.107. The molecule has 0 radical (unpaired) electrons. The molecule has 1 aromatic heterocycles. The summed E-state index contributed by atoms with van der Waals surface area (Å²) in [4.78, 5) is 6.30. The predicted molar refractivity (Wildman–Crippen MR) is 55.2 cm³/mol. The van der Waals surface area contributed by atoms with Gasteiger partial charge < -0.3 is 9.72 Å². The van der Waals surface area contributed by atoms with Gasteiger partial charge in [-0.2, -0.15) is 0 Å². The number of ether oxygens (including phenoxy) is 1. The second-order valence-corrected chi connectivity index (χ2v) is 5.94. The molecular formula is C9H13N3O3S. The lowest BCUT2D eigenvalue weighted by molar-refractivity contribution is 0.0996. The molecule has 3 unspecified atom stereocenters. The molecule has 0 aliphatic carbocycles. The van der Waals surface area contributed by atoms with Crippen LogP contribution in [0.3, 0.4) is 0 Å². The molecule has 88 valence electrons. The van der Waals surface area contributed by atoms with Crippen LogP contribution in [0.2, 0.25) is 0 Å². The third-order valence-corrected chi connectivity index (χ3v) is 4.59. The number of fused-ring (bicyclic) bond motifs is 2. The molecule has 2 saturated heterocycles. The van der Waals surface area contributed by atoms with Crippen LogP contribution in [0.15, 0.2) is 17.6 Å². The Morgan fingerprint density at radius 1 is 1.50 bits per heavy atom. The van der Waals surface area contributed by atoms with Gasteiger partial charge in [0.15, 0.2) is 5.03 Å². The van der Waals surface area contributed by atoms with Gasteiger partial charge in [-0.25, -0.2) is 18.1 Å². The average molecular weight is 243 g/mol. The van der Waals surface area contributed by atoms with Gasteiger partial charge in [-0.05, 0) is 19.3 Å². The van der Waals surface area contributed by atoms with Gasteiger partial charge in [0.25, 0.3) is 10.0 Å². The molecule has 2 bridgehead atoms. The van der Waals surface area contributed by atoms with Crippen LogP contribution < -0.4 is 4.72 Å². The monoisotopic (exact) mass is 243 g/mol. The summed E-state index contributed by atoms with van der Waals surface area (Å²) in [6, 6.07) is -0.0907. The zero-order valence-electron chi connectivity index (χ0n) is 8.59. The van der Waals surface area contributed by atoms with E-state index in [1.54, 1.807) is 0 Å². The minimum atomic E-state index is -3.47. The summed E-state index contributed by atoms with van der Waals surface area (Å²) < 4.78 is 32.0. The van der Waals surface area contributed by atoms with Gasteiger partial charge in [0.05, 0.1) is 30.8 Å². The average Bonchev–Trinajstić information content (AvgIpc) is 2.94. The third kappa shape index (κ3) is 1.64. The first kappa shape index (κ1) is 10.2. The first-order chi connectivity index (χ1) is 7.65. The van der Waals surface area contributed by atoms with E-state index in [0.29, 0.717) is 0 Å². The highest BCUT2D eigenvalue weighted by Crippen LogP contribution is 2.34. The molecule has 2 N–H and O–H groups in total. The second kappa shape index (κ2) is 3.54. The van der Waals surface area contributed by atoms with E-state index in [1.807, 2.05) is 0 Å². The number of hydrogen-bond donors (Lipinski definition) is 2. The van der Waals surface area contributed by atoms with Crippen molar-refractivity contribution in [1.29, 1.82) is 0 Å². The lowest BCUT2D eigenvalue weighted by Crippen LogP contribution is -2.41. The Labute approximate surface area is 93.5 Å². The third-order valence-electron chi connectivity index (χ3n) is 3.18. The Morgan fingerprint density at radius 3 is 2.94 bits per heavy atom. The molecule has 2 aliphatic heterocycles. The van der Waals surface area contributed by atoms with Gasteiger partial charge in [-0.1, -0.05) is 0 Å². The van der Waals surface area contributed by atoms with Crippen molar-refractivity contribution in [3.05, 3.63) is 12.5 Å². The van der Waals surface area contributed by atoms with E-state index in [9.17, 15) is 8.42 Å². The van der Waals surface area contributed by atoms with Crippen molar-refractivity contribution < 1.29 is 13.2 Å². The maximum Gasteiger partial charge on any atom is 0.257 e. The van der Waals surface area contributed by atoms with Crippen molar-refractivity contribution in [1.82, 2.24) is 14.7 Å². The molecule has 3 heterocycles.